The van der Waals surface area contributed by atoms with E-state index in [4.69, 9.17) is 4.74 Å². The van der Waals surface area contributed by atoms with Gasteiger partial charge in [-0.3, -0.25) is 4.31 Å². The van der Waals surface area contributed by atoms with Crippen LogP contribution in [0.3, 0.4) is 0 Å². The quantitative estimate of drug-likeness (QED) is 0.763. The summed E-state index contributed by atoms with van der Waals surface area (Å²) in [5, 5.41) is 0. The number of rotatable bonds is 3. The lowest BCUT2D eigenvalue weighted by Gasteiger charge is -2.41. The number of cyclic esters (lactones) is 1. The van der Waals surface area contributed by atoms with Crippen LogP contribution in [0.1, 0.15) is 29.7 Å². The minimum absolute atomic E-state index is 0.194. The molecule has 2 aliphatic heterocycles. The molecule has 2 aliphatic rings. The van der Waals surface area contributed by atoms with E-state index in [-0.39, 0.29) is 4.90 Å². The van der Waals surface area contributed by atoms with Gasteiger partial charge in [-0.1, -0.05) is 42.0 Å². The second kappa shape index (κ2) is 6.09. The SMILES string of the molecule is Cc1ccc(S(=O)(=O)N2C=Cc3ccccc3[C@H]2[C@]2(C)C=CC(=O)O2)cc1. The molecule has 2 heterocycles. The smallest absolute Gasteiger partial charge is 0.331 e. The molecule has 2 aromatic rings. The van der Waals surface area contributed by atoms with Gasteiger partial charge in [0, 0.05) is 12.3 Å². The van der Waals surface area contributed by atoms with Crippen LogP contribution >= 0.6 is 0 Å². The molecule has 0 amide bonds. The van der Waals surface area contributed by atoms with Crippen LogP contribution in [0.25, 0.3) is 6.08 Å². The van der Waals surface area contributed by atoms with Crippen molar-refractivity contribution < 1.29 is 17.9 Å². The zero-order valence-electron chi connectivity index (χ0n) is 15.0. The predicted octanol–water partition coefficient (Wildman–Crippen LogP) is 3.58. The zero-order chi connectivity index (χ0) is 19.2. The zero-order valence-corrected chi connectivity index (χ0v) is 15.8. The van der Waals surface area contributed by atoms with Crippen molar-refractivity contribution in [1.29, 1.82) is 0 Å². The summed E-state index contributed by atoms with van der Waals surface area (Å²) in [4.78, 5) is 12.0. The third-order valence-corrected chi connectivity index (χ3v) is 6.71. The summed E-state index contributed by atoms with van der Waals surface area (Å²) in [7, 11) is -3.84. The molecule has 6 heteroatoms. The van der Waals surface area contributed by atoms with Crippen molar-refractivity contribution in [2.45, 2.75) is 30.4 Å². The van der Waals surface area contributed by atoms with Crippen molar-refractivity contribution in [3.05, 3.63) is 83.6 Å². The van der Waals surface area contributed by atoms with E-state index in [1.54, 1.807) is 49.5 Å². The van der Waals surface area contributed by atoms with Gasteiger partial charge in [0.1, 0.15) is 6.04 Å². The highest BCUT2D eigenvalue weighted by atomic mass is 32.2. The van der Waals surface area contributed by atoms with Crippen LogP contribution in [0, 0.1) is 6.92 Å². The van der Waals surface area contributed by atoms with Crippen molar-refractivity contribution in [2.75, 3.05) is 0 Å². The minimum atomic E-state index is -3.84. The average Bonchev–Trinajstić information content (AvgIpc) is 3.00. The number of esters is 1. The number of sulfonamides is 1. The van der Waals surface area contributed by atoms with Crippen LogP contribution in [0.4, 0.5) is 0 Å². The molecule has 138 valence electrons. The molecule has 0 radical (unpaired) electrons. The second-order valence-corrected chi connectivity index (χ2v) is 8.78. The Kier molecular flexibility index (Phi) is 3.96. The van der Waals surface area contributed by atoms with E-state index in [0.29, 0.717) is 0 Å². The summed E-state index contributed by atoms with van der Waals surface area (Å²) in [5.74, 6) is -0.475. The number of nitrogens with zero attached hydrogens (tertiary/aromatic N) is 1. The number of aryl methyl sites for hydroxylation is 1. The van der Waals surface area contributed by atoms with Gasteiger partial charge in [0.05, 0.1) is 4.90 Å². The lowest BCUT2D eigenvalue weighted by Crippen LogP contribution is -2.45. The summed E-state index contributed by atoms with van der Waals surface area (Å²) in [6.45, 7) is 3.63. The summed E-state index contributed by atoms with van der Waals surface area (Å²) >= 11 is 0. The van der Waals surface area contributed by atoms with Gasteiger partial charge >= 0.3 is 5.97 Å². The fraction of sp³-hybridized carbons (Fsp3) is 0.190. The lowest BCUT2D eigenvalue weighted by molar-refractivity contribution is -0.147. The van der Waals surface area contributed by atoms with Gasteiger partial charge in [0.25, 0.3) is 10.0 Å². The first-order valence-electron chi connectivity index (χ1n) is 8.61. The van der Waals surface area contributed by atoms with Gasteiger partial charge in [-0.25, -0.2) is 13.2 Å². The Labute approximate surface area is 158 Å². The van der Waals surface area contributed by atoms with Crippen LogP contribution in [0.15, 0.2) is 71.8 Å². The molecule has 2 aromatic carbocycles. The Hall–Kier alpha value is -2.86. The van der Waals surface area contributed by atoms with Crippen LogP contribution in [0.5, 0.6) is 0 Å². The maximum absolute atomic E-state index is 13.4. The van der Waals surface area contributed by atoms with Crippen molar-refractivity contribution >= 4 is 22.1 Å². The van der Waals surface area contributed by atoms with Crippen LogP contribution in [0.2, 0.25) is 0 Å². The molecule has 5 nitrogen and oxygen atoms in total. The van der Waals surface area contributed by atoms with E-state index in [2.05, 4.69) is 0 Å². The summed E-state index contributed by atoms with van der Waals surface area (Å²) in [6.07, 6.45) is 6.29. The van der Waals surface area contributed by atoms with Crippen LogP contribution in [-0.2, 0) is 19.6 Å². The maximum Gasteiger partial charge on any atom is 0.331 e. The Morgan fingerprint density at radius 2 is 1.74 bits per heavy atom. The molecule has 0 fully saturated rings. The number of carbonyl (C=O) groups excluding carboxylic acids is 1. The molecule has 4 rings (SSSR count). The monoisotopic (exact) mass is 381 g/mol. The topological polar surface area (TPSA) is 63.7 Å². The minimum Gasteiger partial charge on any atom is -0.449 e. The number of benzene rings is 2. The van der Waals surface area contributed by atoms with Gasteiger partial charge in [-0.05, 0) is 49.3 Å². The maximum atomic E-state index is 13.4. The molecule has 0 unspecified atom stereocenters. The number of ether oxygens (including phenoxy) is 1. The molecule has 0 N–H and O–H groups in total. The van der Waals surface area contributed by atoms with E-state index in [1.165, 1.54) is 10.4 Å². The van der Waals surface area contributed by atoms with E-state index >= 15 is 0 Å². The third-order valence-electron chi connectivity index (χ3n) is 4.96. The Morgan fingerprint density at radius 1 is 1.04 bits per heavy atom. The number of carbonyl (C=O) groups is 1. The van der Waals surface area contributed by atoms with Crippen molar-refractivity contribution in [1.82, 2.24) is 4.31 Å². The highest BCUT2D eigenvalue weighted by Gasteiger charge is 2.48. The highest BCUT2D eigenvalue weighted by molar-refractivity contribution is 7.89. The van der Waals surface area contributed by atoms with Crippen LogP contribution < -0.4 is 0 Å². The first-order valence-corrected chi connectivity index (χ1v) is 10.0. The molecule has 27 heavy (non-hydrogen) atoms. The van der Waals surface area contributed by atoms with Gasteiger partial charge in [0.2, 0.25) is 0 Å². The Bertz CT molecular complexity index is 1070. The molecule has 0 spiro atoms. The third kappa shape index (κ3) is 2.86. The van der Waals surface area contributed by atoms with E-state index in [9.17, 15) is 13.2 Å². The van der Waals surface area contributed by atoms with E-state index < -0.39 is 27.6 Å². The highest BCUT2D eigenvalue weighted by Crippen LogP contribution is 2.45. The van der Waals surface area contributed by atoms with Crippen molar-refractivity contribution in [3.63, 3.8) is 0 Å². The first kappa shape index (κ1) is 17.5. The van der Waals surface area contributed by atoms with Gasteiger partial charge in [0.15, 0.2) is 5.60 Å². The van der Waals surface area contributed by atoms with Gasteiger partial charge < -0.3 is 4.74 Å². The van der Waals surface area contributed by atoms with Crippen molar-refractivity contribution in [3.8, 4) is 0 Å². The molecule has 0 aliphatic carbocycles. The Balaban J connectivity index is 1.88. The summed E-state index contributed by atoms with van der Waals surface area (Å²) in [6, 6.07) is 13.5. The molecule has 0 saturated heterocycles. The van der Waals surface area contributed by atoms with Gasteiger partial charge in [-0.2, -0.15) is 0 Å². The standard InChI is InChI=1S/C21H19NO4S/c1-15-7-9-17(10-8-15)27(24,25)22-14-12-16-5-3-4-6-18(16)20(22)21(2)13-11-19(23)26-21/h3-14,20H,1-2H3/t20-,21-/m0/s1. The van der Waals surface area contributed by atoms with E-state index in [0.717, 1.165) is 16.7 Å². The predicted molar refractivity (Wildman–Crippen MR) is 102 cm³/mol. The normalized spacial score (nSPS) is 24.0. The molecule has 0 bridgehead atoms. The second-order valence-electron chi connectivity index (χ2n) is 6.93. The average molecular weight is 381 g/mol. The molecule has 2 atom stereocenters. The summed E-state index contributed by atoms with van der Waals surface area (Å²) in [5.41, 5.74) is 1.56. The van der Waals surface area contributed by atoms with Crippen LogP contribution in [-0.4, -0.2) is 24.3 Å². The van der Waals surface area contributed by atoms with Gasteiger partial charge in [-0.15, -0.1) is 0 Å². The molecular formula is C21H19NO4S. The molecule has 0 aromatic heterocycles. The largest absolute Gasteiger partial charge is 0.449 e. The number of hydrogen-bond acceptors (Lipinski definition) is 4. The fourth-order valence-corrected chi connectivity index (χ4v) is 5.11. The Morgan fingerprint density at radius 3 is 2.41 bits per heavy atom. The lowest BCUT2D eigenvalue weighted by atomic mass is 9.86. The van der Waals surface area contributed by atoms with Crippen molar-refractivity contribution in [2.24, 2.45) is 0 Å². The van der Waals surface area contributed by atoms with E-state index in [1.807, 2.05) is 31.2 Å². The first-order chi connectivity index (χ1) is 12.8. The molecule has 0 saturated carbocycles. The number of fused-ring (bicyclic) bond motifs is 1. The number of hydrogen-bond donors (Lipinski definition) is 0. The molecular weight excluding hydrogens is 362 g/mol. The fourth-order valence-electron chi connectivity index (χ4n) is 3.57. The summed E-state index contributed by atoms with van der Waals surface area (Å²) < 4.78 is 33.6.